The van der Waals surface area contributed by atoms with Crippen LogP contribution in [0.25, 0.3) is 0 Å². The van der Waals surface area contributed by atoms with Gasteiger partial charge in [-0.2, -0.15) is 5.26 Å². The van der Waals surface area contributed by atoms with E-state index >= 15 is 0 Å². The van der Waals surface area contributed by atoms with Crippen molar-refractivity contribution in [3.63, 3.8) is 0 Å². The maximum Gasteiger partial charge on any atom is 0.0991 e. The van der Waals surface area contributed by atoms with Crippen LogP contribution in [0.4, 0.5) is 5.69 Å². The zero-order valence-corrected chi connectivity index (χ0v) is 8.53. The Morgan fingerprint density at radius 3 is 2.33 bits per heavy atom. The topological polar surface area (TPSA) is 39.1 Å². The predicted molar refractivity (Wildman–Crippen MR) is 58.7 cm³/mol. The van der Waals surface area contributed by atoms with Crippen LogP contribution in [-0.4, -0.2) is 26.2 Å². The second-order valence-electron chi connectivity index (χ2n) is 4.62. The van der Waals surface area contributed by atoms with Crippen molar-refractivity contribution < 1.29 is 0 Å². The van der Waals surface area contributed by atoms with E-state index in [0.29, 0.717) is 5.41 Å². The molecule has 2 fully saturated rings. The molecule has 0 atom stereocenters. The van der Waals surface area contributed by atoms with Crippen molar-refractivity contribution in [1.82, 2.24) is 5.32 Å². The quantitative estimate of drug-likeness (QED) is 0.732. The van der Waals surface area contributed by atoms with Crippen LogP contribution in [-0.2, 0) is 0 Å². The Balaban J connectivity index is 1.70. The highest BCUT2D eigenvalue weighted by atomic mass is 15.3. The molecule has 0 amide bonds. The van der Waals surface area contributed by atoms with Crippen LogP contribution in [0.3, 0.4) is 0 Å². The molecule has 2 aliphatic rings. The molecule has 0 aliphatic carbocycles. The zero-order chi connectivity index (χ0) is 10.3. The van der Waals surface area contributed by atoms with Crippen molar-refractivity contribution in [3.05, 3.63) is 29.8 Å². The Morgan fingerprint density at radius 2 is 1.87 bits per heavy atom. The van der Waals surface area contributed by atoms with E-state index in [2.05, 4.69) is 16.3 Å². The summed E-state index contributed by atoms with van der Waals surface area (Å²) in [5.74, 6) is 0. The molecule has 1 N–H and O–H groups in total. The smallest absolute Gasteiger partial charge is 0.0991 e. The van der Waals surface area contributed by atoms with E-state index in [9.17, 15) is 0 Å². The minimum absolute atomic E-state index is 0.563. The van der Waals surface area contributed by atoms with Crippen molar-refractivity contribution in [2.45, 2.75) is 0 Å². The van der Waals surface area contributed by atoms with Crippen LogP contribution in [0.1, 0.15) is 5.56 Å². The second-order valence-corrected chi connectivity index (χ2v) is 4.62. The van der Waals surface area contributed by atoms with Gasteiger partial charge in [0.05, 0.1) is 11.6 Å². The average molecular weight is 199 g/mol. The van der Waals surface area contributed by atoms with E-state index in [1.54, 1.807) is 0 Å². The molecule has 15 heavy (non-hydrogen) atoms. The van der Waals surface area contributed by atoms with Crippen molar-refractivity contribution in [2.24, 2.45) is 5.41 Å². The molecule has 2 saturated heterocycles. The first kappa shape index (κ1) is 8.75. The van der Waals surface area contributed by atoms with Crippen LogP contribution < -0.4 is 10.2 Å². The van der Waals surface area contributed by atoms with E-state index in [-0.39, 0.29) is 0 Å². The van der Waals surface area contributed by atoms with Gasteiger partial charge in [-0.3, -0.25) is 0 Å². The summed E-state index contributed by atoms with van der Waals surface area (Å²) in [6.45, 7) is 4.65. The van der Waals surface area contributed by atoms with E-state index < -0.39 is 0 Å². The van der Waals surface area contributed by atoms with Gasteiger partial charge in [0.15, 0.2) is 0 Å². The molecule has 0 aromatic heterocycles. The Morgan fingerprint density at radius 1 is 1.20 bits per heavy atom. The van der Waals surface area contributed by atoms with Crippen molar-refractivity contribution in [1.29, 1.82) is 5.26 Å². The molecule has 76 valence electrons. The first-order chi connectivity index (χ1) is 7.31. The molecule has 0 radical (unpaired) electrons. The van der Waals surface area contributed by atoms with Gasteiger partial charge in [-0.1, -0.05) is 0 Å². The SMILES string of the molecule is N#Cc1ccc(N2CC3(CNC3)C2)cc1. The Hall–Kier alpha value is -1.53. The van der Waals surface area contributed by atoms with Gasteiger partial charge >= 0.3 is 0 Å². The van der Waals surface area contributed by atoms with Crippen LogP contribution in [0.15, 0.2) is 24.3 Å². The number of benzene rings is 1. The maximum absolute atomic E-state index is 8.70. The lowest BCUT2D eigenvalue weighted by Crippen LogP contribution is -2.71. The number of nitrogens with zero attached hydrogens (tertiary/aromatic N) is 2. The van der Waals surface area contributed by atoms with Gasteiger partial charge in [0.1, 0.15) is 0 Å². The molecule has 0 bridgehead atoms. The standard InChI is InChI=1S/C12H13N3/c13-5-10-1-3-11(4-2-10)15-8-12(9-15)6-14-7-12/h1-4,14H,6-9H2. The number of hydrogen-bond donors (Lipinski definition) is 1. The van der Waals surface area contributed by atoms with Gasteiger partial charge in [0.25, 0.3) is 0 Å². The number of hydrogen-bond acceptors (Lipinski definition) is 3. The highest BCUT2D eigenvalue weighted by Gasteiger charge is 2.47. The zero-order valence-electron chi connectivity index (χ0n) is 8.53. The van der Waals surface area contributed by atoms with Gasteiger partial charge in [-0.05, 0) is 24.3 Å². The molecule has 3 heteroatoms. The van der Waals surface area contributed by atoms with Gasteiger partial charge in [0, 0.05) is 37.3 Å². The largest absolute Gasteiger partial charge is 0.370 e. The maximum atomic E-state index is 8.70. The van der Waals surface area contributed by atoms with Gasteiger partial charge in [-0.25, -0.2) is 0 Å². The molecule has 1 aromatic carbocycles. The number of nitriles is 1. The van der Waals surface area contributed by atoms with Crippen molar-refractivity contribution in [3.8, 4) is 6.07 Å². The van der Waals surface area contributed by atoms with E-state index in [1.165, 1.54) is 18.8 Å². The van der Waals surface area contributed by atoms with Crippen molar-refractivity contribution >= 4 is 5.69 Å². The summed E-state index contributed by atoms with van der Waals surface area (Å²) in [4.78, 5) is 2.38. The minimum atomic E-state index is 0.563. The first-order valence-corrected chi connectivity index (χ1v) is 5.27. The number of nitrogens with one attached hydrogen (secondary N) is 1. The summed E-state index contributed by atoms with van der Waals surface area (Å²) in [5.41, 5.74) is 2.54. The summed E-state index contributed by atoms with van der Waals surface area (Å²) in [6.07, 6.45) is 0. The van der Waals surface area contributed by atoms with E-state index in [1.807, 2.05) is 24.3 Å². The molecule has 1 aromatic rings. The molecule has 1 spiro atoms. The molecular weight excluding hydrogens is 186 g/mol. The highest BCUT2D eigenvalue weighted by molar-refractivity contribution is 5.53. The molecular formula is C12H13N3. The second kappa shape index (κ2) is 2.98. The third kappa shape index (κ3) is 1.30. The van der Waals surface area contributed by atoms with Crippen molar-refractivity contribution in [2.75, 3.05) is 31.1 Å². The summed E-state index contributed by atoms with van der Waals surface area (Å²) < 4.78 is 0. The molecule has 2 aliphatic heterocycles. The van der Waals surface area contributed by atoms with E-state index in [0.717, 1.165) is 18.7 Å². The fourth-order valence-corrected chi connectivity index (χ4v) is 2.39. The fourth-order valence-electron chi connectivity index (χ4n) is 2.39. The van der Waals surface area contributed by atoms with Crippen LogP contribution in [0, 0.1) is 16.7 Å². The van der Waals surface area contributed by atoms with Crippen LogP contribution >= 0.6 is 0 Å². The van der Waals surface area contributed by atoms with Crippen LogP contribution in [0.5, 0.6) is 0 Å². The summed E-state index contributed by atoms with van der Waals surface area (Å²) in [5, 5.41) is 12.0. The molecule has 2 heterocycles. The predicted octanol–water partition coefficient (Wildman–Crippen LogP) is 0.968. The van der Waals surface area contributed by atoms with Gasteiger partial charge in [-0.15, -0.1) is 0 Å². The molecule has 3 nitrogen and oxygen atoms in total. The Labute approximate surface area is 89.3 Å². The number of rotatable bonds is 1. The number of anilines is 1. The first-order valence-electron chi connectivity index (χ1n) is 5.27. The Kier molecular flexibility index (Phi) is 1.74. The van der Waals surface area contributed by atoms with E-state index in [4.69, 9.17) is 5.26 Å². The summed E-state index contributed by atoms with van der Waals surface area (Å²) in [6, 6.07) is 9.99. The lowest BCUT2D eigenvalue weighted by Gasteiger charge is -2.57. The summed E-state index contributed by atoms with van der Waals surface area (Å²) >= 11 is 0. The van der Waals surface area contributed by atoms with Crippen LogP contribution in [0.2, 0.25) is 0 Å². The summed E-state index contributed by atoms with van der Waals surface area (Å²) in [7, 11) is 0. The lowest BCUT2D eigenvalue weighted by atomic mass is 9.74. The molecule has 0 saturated carbocycles. The molecule has 3 rings (SSSR count). The lowest BCUT2D eigenvalue weighted by molar-refractivity contribution is 0.121. The third-order valence-corrected chi connectivity index (χ3v) is 3.41. The fraction of sp³-hybridized carbons (Fsp3) is 0.417. The Bertz CT molecular complexity index is 403. The van der Waals surface area contributed by atoms with Gasteiger partial charge in [0.2, 0.25) is 0 Å². The minimum Gasteiger partial charge on any atom is -0.370 e. The van der Waals surface area contributed by atoms with Gasteiger partial charge < -0.3 is 10.2 Å². The third-order valence-electron chi connectivity index (χ3n) is 3.41. The molecule has 0 unspecified atom stereocenters. The normalized spacial score (nSPS) is 21.7. The monoisotopic (exact) mass is 199 g/mol. The highest BCUT2D eigenvalue weighted by Crippen LogP contribution is 2.37. The average Bonchev–Trinajstić information content (AvgIpc) is 2.14.